The van der Waals surface area contributed by atoms with Gasteiger partial charge < -0.3 is 5.73 Å². The first-order valence-corrected chi connectivity index (χ1v) is 6.42. The molecule has 0 spiro atoms. The molecule has 84 valence electrons. The highest BCUT2D eigenvalue weighted by atomic mass is 79.9. The van der Waals surface area contributed by atoms with E-state index in [9.17, 15) is 0 Å². The molecule has 0 radical (unpaired) electrons. The zero-order valence-corrected chi connectivity index (χ0v) is 11.1. The Bertz CT molecular complexity index is 579. The fraction of sp³-hybridized carbons (Fsp3) is 0. The number of thioether (sulfide) groups is 1. The van der Waals surface area contributed by atoms with Crippen molar-refractivity contribution in [1.82, 2.24) is 0 Å². The third kappa shape index (κ3) is 2.28. The molecule has 1 aliphatic heterocycles. The second-order valence-electron chi connectivity index (χ2n) is 3.39. The molecule has 0 aliphatic carbocycles. The van der Waals surface area contributed by atoms with Crippen molar-refractivity contribution >= 4 is 39.1 Å². The largest absolute Gasteiger partial charge is 0.397 e. The number of allylic oxidation sites excluding steroid dienone is 2. The Morgan fingerprint density at radius 1 is 1.35 bits per heavy atom. The molecule has 1 aromatic carbocycles. The highest BCUT2D eigenvalue weighted by Gasteiger charge is 2.19. The molecule has 3 N–H and O–H groups in total. The number of rotatable bonds is 1. The van der Waals surface area contributed by atoms with E-state index >= 15 is 0 Å². The van der Waals surface area contributed by atoms with Crippen LogP contribution in [0.4, 0.5) is 0 Å². The first-order valence-electron chi connectivity index (χ1n) is 4.75. The second-order valence-corrected chi connectivity index (χ2v) is 5.12. The summed E-state index contributed by atoms with van der Waals surface area (Å²) in [5, 5.41) is 18.4. The highest BCUT2D eigenvalue weighted by molar-refractivity contribution is 9.12. The second kappa shape index (κ2) is 4.78. The van der Waals surface area contributed by atoms with Crippen LogP contribution in [0.15, 0.2) is 39.1 Å². The molecule has 2 rings (SSSR count). The van der Waals surface area contributed by atoms with Gasteiger partial charge in [-0.3, -0.25) is 5.41 Å². The number of nitrogens with one attached hydrogen (secondary N) is 1. The molecule has 5 heteroatoms. The predicted molar refractivity (Wildman–Crippen MR) is 74.6 cm³/mol. The summed E-state index contributed by atoms with van der Waals surface area (Å²) >= 11 is 4.72. The summed E-state index contributed by atoms with van der Waals surface area (Å²) in [5.74, 6) is 0. The summed E-state index contributed by atoms with van der Waals surface area (Å²) in [5.41, 5.74) is 8.41. The smallest absolute Gasteiger partial charge is 0.0991 e. The van der Waals surface area contributed by atoms with Crippen LogP contribution in [-0.4, -0.2) is 5.71 Å². The van der Waals surface area contributed by atoms with Gasteiger partial charge in [0.25, 0.3) is 0 Å². The fourth-order valence-electron chi connectivity index (χ4n) is 1.39. The third-order valence-corrected chi connectivity index (χ3v) is 4.26. The molecular weight excluding hydrogens is 298 g/mol. The normalized spacial score (nSPS) is 17.6. The number of hydrogen-bond donors (Lipinski definition) is 2. The maximum absolute atomic E-state index is 8.71. The van der Waals surface area contributed by atoms with Crippen LogP contribution in [0, 0.1) is 16.7 Å². The molecule has 0 amide bonds. The topological polar surface area (TPSA) is 73.7 Å². The quantitative estimate of drug-likeness (QED) is 0.837. The van der Waals surface area contributed by atoms with E-state index in [1.807, 2.05) is 5.41 Å². The van der Waals surface area contributed by atoms with E-state index in [2.05, 4.69) is 22.0 Å². The van der Waals surface area contributed by atoms with Gasteiger partial charge in [-0.05, 0) is 39.0 Å². The van der Waals surface area contributed by atoms with Gasteiger partial charge in [0.15, 0.2) is 0 Å². The van der Waals surface area contributed by atoms with Gasteiger partial charge in [0.2, 0.25) is 0 Å². The van der Waals surface area contributed by atoms with Gasteiger partial charge in [0, 0.05) is 0 Å². The minimum absolute atomic E-state index is 0.400. The molecular formula is C12H8BrN3S. The van der Waals surface area contributed by atoms with Crippen molar-refractivity contribution in [3.8, 4) is 6.07 Å². The summed E-state index contributed by atoms with van der Waals surface area (Å²) in [6.45, 7) is 0. The molecule has 0 saturated carbocycles. The predicted octanol–water partition coefficient (Wildman–Crippen LogP) is 3.19. The zero-order valence-electron chi connectivity index (χ0n) is 8.70. The van der Waals surface area contributed by atoms with Crippen molar-refractivity contribution in [2.45, 2.75) is 0 Å². The first-order chi connectivity index (χ1) is 8.13. The Labute approximate surface area is 112 Å². The maximum atomic E-state index is 8.71. The summed E-state index contributed by atoms with van der Waals surface area (Å²) in [6, 6.07) is 9.08. The van der Waals surface area contributed by atoms with Gasteiger partial charge in [-0.25, -0.2) is 0 Å². The molecule has 17 heavy (non-hydrogen) atoms. The molecule has 3 nitrogen and oxygen atoms in total. The zero-order chi connectivity index (χ0) is 12.4. The van der Waals surface area contributed by atoms with Crippen LogP contribution in [0.5, 0.6) is 0 Å². The van der Waals surface area contributed by atoms with Gasteiger partial charge in [0.1, 0.15) is 0 Å². The van der Waals surface area contributed by atoms with Crippen molar-refractivity contribution in [2.24, 2.45) is 5.73 Å². The van der Waals surface area contributed by atoms with E-state index < -0.39 is 0 Å². The molecule has 1 heterocycles. The monoisotopic (exact) mass is 305 g/mol. The van der Waals surface area contributed by atoms with Crippen LogP contribution in [0.2, 0.25) is 0 Å². The SMILES string of the molecule is N#Cc1ccc(/C(N)=C2\SC=C(Br)C2=N)cc1. The van der Waals surface area contributed by atoms with Gasteiger partial charge in [-0.1, -0.05) is 23.9 Å². The number of nitrogens with two attached hydrogens (primary N) is 1. The summed E-state index contributed by atoms with van der Waals surface area (Å²) in [4.78, 5) is 0.738. The Morgan fingerprint density at radius 3 is 2.47 bits per heavy atom. The lowest BCUT2D eigenvalue weighted by molar-refractivity contribution is 1.45. The number of nitrogens with zero attached hydrogens (tertiary/aromatic N) is 1. The van der Waals surface area contributed by atoms with Gasteiger partial charge in [-0.15, -0.1) is 0 Å². The lowest BCUT2D eigenvalue weighted by Gasteiger charge is -2.06. The van der Waals surface area contributed by atoms with E-state index in [1.54, 1.807) is 24.3 Å². The average Bonchev–Trinajstić information content (AvgIpc) is 2.69. The minimum Gasteiger partial charge on any atom is -0.397 e. The molecule has 0 bridgehead atoms. The summed E-state index contributed by atoms with van der Waals surface area (Å²) < 4.78 is 0.745. The molecule has 1 aromatic rings. The van der Waals surface area contributed by atoms with Crippen LogP contribution in [0.3, 0.4) is 0 Å². The number of nitriles is 1. The number of benzene rings is 1. The minimum atomic E-state index is 0.400. The average molecular weight is 306 g/mol. The lowest BCUT2D eigenvalue weighted by Crippen LogP contribution is -2.04. The van der Waals surface area contributed by atoms with E-state index in [0.717, 1.165) is 15.0 Å². The number of halogens is 1. The van der Waals surface area contributed by atoms with Crippen molar-refractivity contribution in [3.05, 3.63) is 50.2 Å². The van der Waals surface area contributed by atoms with Crippen molar-refractivity contribution < 1.29 is 0 Å². The Hall–Kier alpha value is -1.51. The van der Waals surface area contributed by atoms with Crippen LogP contribution in [0.1, 0.15) is 11.1 Å². The molecule has 0 saturated heterocycles. The van der Waals surface area contributed by atoms with Crippen molar-refractivity contribution in [1.29, 1.82) is 10.7 Å². The van der Waals surface area contributed by atoms with Crippen molar-refractivity contribution in [2.75, 3.05) is 0 Å². The highest BCUT2D eigenvalue weighted by Crippen LogP contribution is 2.37. The third-order valence-electron chi connectivity index (χ3n) is 2.32. The number of hydrogen-bond acceptors (Lipinski definition) is 4. The maximum Gasteiger partial charge on any atom is 0.0991 e. The van der Waals surface area contributed by atoms with E-state index in [0.29, 0.717) is 17.0 Å². The molecule has 0 unspecified atom stereocenters. The molecule has 0 fully saturated rings. The van der Waals surface area contributed by atoms with Crippen LogP contribution < -0.4 is 5.73 Å². The van der Waals surface area contributed by atoms with Gasteiger partial charge in [-0.2, -0.15) is 5.26 Å². The molecule has 0 aromatic heterocycles. The van der Waals surface area contributed by atoms with Gasteiger partial charge in [0.05, 0.1) is 32.4 Å². The van der Waals surface area contributed by atoms with Crippen molar-refractivity contribution in [3.63, 3.8) is 0 Å². The van der Waals surface area contributed by atoms with E-state index in [-0.39, 0.29) is 0 Å². The lowest BCUT2D eigenvalue weighted by atomic mass is 10.1. The summed E-state index contributed by atoms with van der Waals surface area (Å²) in [7, 11) is 0. The van der Waals surface area contributed by atoms with Crippen LogP contribution in [-0.2, 0) is 0 Å². The van der Waals surface area contributed by atoms with Crippen LogP contribution in [0.25, 0.3) is 5.70 Å². The standard InChI is InChI=1S/C12H8BrN3S/c13-9-6-17-12(11(9)16)10(15)8-3-1-7(5-14)2-4-8/h1-4,6,16H,15H2/b12-10+,16-11?. The first kappa shape index (κ1) is 12.0. The Morgan fingerprint density at radius 2 is 2.00 bits per heavy atom. The molecule has 0 atom stereocenters. The van der Waals surface area contributed by atoms with E-state index in [4.69, 9.17) is 16.4 Å². The fourth-order valence-corrected chi connectivity index (χ4v) is 2.81. The Kier molecular flexibility index (Phi) is 3.36. The van der Waals surface area contributed by atoms with Gasteiger partial charge >= 0.3 is 0 Å². The van der Waals surface area contributed by atoms with E-state index in [1.165, 1.54) is 11.8 Å². The van der Waals surface area contributed by atoms with Crippen LogP contribution >= 0.6 is 27.7 Å². The molecule has 1 aliphatic rings. The summed E-state index contributed by atoms with van der Waals surface area (Å²) in [6.07, 6.45) is 0. The Balaban J connectivity index is 2.38.